The number of aliphatic hydroxyl groups excluding tert-OH is 2. The molecule has 0 radical (unpaired) electrons. The third-order valence-electron chi connectivity index (χ3n) is 4.48. The molecule has 0 bridgehead atoms. The molecule has 0 aliphatic carbocycles. The van der Waals surface area contributed by atoms with Gasteiger partial charge in [0.15, 0.2) is 6.23 Å². The summed E-state index contributed by atoms with van der Waals surface area (Å²) >= 11 is 1.49. The Balaban J connectivity index is 0.00000240. The molecule has 1 saturated heterocycles. The van der Waals surface area contributed by atoms with Crippen molar-refractivity contribution in [3.8, 4) is 11.1 Å². The molecular weight excluding hydrogens is 434 g/mol. The summed E-state index contributed by atoms with van der Waals surface area (Å²) in [6, 6.07) is 1.89. The van der Waals surface area contributed by atoms with Crippen LogP contribution in [0, 0.1) is 0 Å². The molecule has 1 aliphatic heterocycles. The van der Waals surface area contributed by atoms with Crippen molar-refractivity contribution < 1.29 is 63.4 Å². The Morgan fingerprint density at radius 2 is 2.14 bits per heavy atom. The zero-order chi connectivity index (χ0) is 20.1. The number of hydrogen-bond donors (Lipinski definition) is 4. The van der Waals surface area contributed by atoms with Gasteiger partial charge in [0.25, 0.3) is 7.82 Å². The molecule has 14 heteroatoms. The van der Waals surface area contributed by atoms with Crippen LogP contribution in [0.2, 0.25) is 0 Å². The average molecular weight is 450 g/mol. The van der Waals surface area contributed by atoms with Gasteiger partial charge in [0.05, 0.1) is 12.0 Å². The van der Waals surface area contributed by atoms with Gasteiger partial charge < -0.3 is 39.6 Å². The van der Waals surface area contributed by atoms with Crippen molar-refractivity contribution in [2.24, 2.45) is 0 Å². The predicted octanol–water partition coefficient (Wildman–Crippen LogP) is -3.16. The van der Waals surface area contributed by atoms with Crippen LogP contribution >= 0.6 is 19.2 Å². The number of thiophene rings is 1. The standard InChI is InChI=1S/C15H17N4O7PS.Na/c16-13-10-8(7-1-2-28-5-7)3-19(14(10)18-6-17-13)15-12(21)11(20)9(26-15)4-25-27(22,23)24;/h1-3,5-6,9,11-12,15,20-21H,4H2,(H2,16,17,18)(H2,22,23,24);/q;+1/p-1/t9-,11-,12-,15-;/m1./s1. The molecule has 4 rings (SSSR count). The molecule has 11 nitrogen and oxygen atoms in total. The van der Waals surface area contributed by atoms with Gasteiger partial charge in [0.2, 0.25) is 0 Å². The molecule has 1 fully saturated rings. The molecule has 5 N–H and O–H groups in total. The topological polar surface area (TPSA) is 176 Å². The average Bonchev–Trinajstić information content (AvgIpc) is 3.33. The molecule has 3 aromatic rings. The summed E-state index contributed by atoms with van der Waals surface area (Å²) in [7, 11) is -5.00. The maximum Gasteiger partial charge on any atom is 1.00 e. The van der Waals surface area contributed by atoms with E-state index in [1.165, 1.54) is 22.2 Å². The molecule has 0 amide bonds. The zero-order valence-electron chi connectivity index (χ0n) is 15.2. The van der Waals surface area contributed by atoms with Crippen LogP contribution in [0.4, 0.5) is 5.82 Å². The van der Waals surface area contributed by atoms with E-state index in [9.17, 15) is 19.7 Å². The van der Waals surface area contributed by atoms with Crippen molar-refractivity contribution in [2.45, 2.75) is 24.5 Å². The first kappa shape index (κ1) is 22.8. The van der Waals surface area contributed by atoms with Crippen LogP contribution in [0.1, 0.15) is 6.23 Å². The van der Waals surface area contributed by atoms with E-state index in [0.29, 0.717) is 11.0 Å². The molecule has 1 unspecified atom stereocenters. The van der Waals surface area contributed by atoms with Crippen molar-refractivity contribution in [1.82, 2.24) is 14.5 Å². The molecule has 1 aliphatic rings. The minimum Gasteiger partial charge on any atom is -0.756 e. The number of nitrogens with two attached hydrogens (primary N) is 1. The van der Waals surface area contributed by atoms with Crippen LogP contribution in [0.15, 0.2) is 29.4 Å². The number of anilines is 1. The Hall–Kier alpha value is -0.890. The van der Waals surface area contributed by atoms with Crippen LogP contribution in [0.5, 0.6) is 0 Å². The van der Waals surface area contributed by atoms with Gasteiger partial charge in [-0.1, -0.05) is 0 Å². The summed E-state index contributed by atoms with van der Waals surface area (Å²) in [6.07, 6.45) is -2.18. The summed E-state index contributed by atoms with van der Waals surface area (Å²) in [5.41, 5.74) is 8.00. The Kier molecular flexibility index (Phi) is 6.83. The van der Waals surface area contributed by atoms with E-state index < -0.39 is 39.0 Å². The molecule has 29 heavy (non-hydrogen) atoms. The van der Waals surface area contributed by atoms with E-state index in [4.69, 9.17) is 15.4 Å². The van der Waals surface area contributed by atoms with E-state index in [0.717, 1.165) is 11.1 Å². The van der Waals surface area contributed by atoms with Crippen molar-refractivity contribution in [1.29, 1.82) is 0 Å². The molecule has 0 aromatic carbocycles. The number of phosphoric acid groups is 1. The molecule has 3 aromatic heterocycles. The summed E-state index contributed by atoms with van der Waals surface area (Å²) < 4.78 is 22.2. The number of nitrogen functional groups attached to an aromatic ring is 1. The number of nitrogens with zero attached hydrogens (tertiary/aromatic N) is 3. The maximum absolute atomic E-state index is 10.8. The summed E-state index contributed by atoms with van der Waals surface area (Å²) in [4.78, 5) is 27.8. The summed E-state index contributed by atoms with van der Waals surface area (Å²) in [6.45, 7) is -0.653. The van der Waals surface area contributed by atoms with Crippen LogP contribution in [-0.4, -0.2) is 54.6 Å². The van der Waals surface area contributed by atoms with Gasteiger partial charge in [0.1, 0.15) is 36.1 Å². The predicted molar refractivity (Wildman–Crippen MR) is 97.0 cm³/mol. The van der Waals surface area contributed by atoms with Crippen LogP contribution < -0.4 is 40.2 Å². The summed E-state index contributed by atoms with van der Waals surface area (Å²) in [5, 5.41) is 25.0. The van der Waals surface area contributed by atoms with Crippen molar-refractivity contribution in [3.05, 3.63) is 29.4 Å². The first-order chi connectivity index (χ1) is 13.3. The number of rotatable bonds is 5. The Bertz CT molecular complexity index is 1040. The third kappa shape index (κ3) is 4.43. The molecule has 150 valence electrons. The third-order valence-corrected chi connectivity index (χ3v) is 5.64. The van der Waals surface area contributed by atoms with Gasteiger partial charge in [-0.15, -0.1) is 0 Å². The minimum absolute atomic E-state index is 0. The Morgan fingerprint density at radius 1 is 1.38 bits per heavy atom. The van der Waals surface area contributed by atoms with Crippen LogP contribution in [0.25, 0.3) is 22.2 Å². The SMILES string of the molecule is Nc1ncnc2c1c(-c1ccsc1)cn2[C@@H]1O[C@H](COP(=O)([O-])O)[C@@H](O)[C@H]1O.[Na+]. The number of fused-ring (bicyclic) bond motifs is 1. The van der Waals surface area contributed by atoms with E-state index in [2.05, 4.69) is 14.5 Å². The van der Waals surface area contributed by atoms with Gasteiger partial charge in [-0.2, -0.15) is 11.3 Å². The van der Waals surface area contributed by atoms with Crippen LogP contribution in [-0.2, 0) is 13.8 Å². The molecule has 5 atom stereocenters. The van der Waals surface area contributed by atoms with Gasteiger partial charge in [-0.05, 0) is 22.4 Å². The number of phosphoric ester groups is 1. The normalized spacial score (nSPS) is 26.3. The number of aliphatic hydroxyl groups is 2. The second kappa shape index (κ2) is 8.69. The van der Waals surface area contributed by atoms with E-state index in [1.807, 2.05) is 16.8 Å². The van der Waals surface area contributed by atoms with Crippen molar-refractivity contribution in [3.63, 3.8) is 0 Å². The van der Waals surface area contributed by atoms with E-state index >= 15 is 0 Å². The van der Waals surface area contributed by atoms with Crippen molar-refractivity contribution >= 4 is 36.0 Å². The summed E-state index contributed by atoms with van der Waals surface area (Å²) in [5.74, 6) is 0.241. The monoisotopic (exact) mass is 450 g/mol. The molecular formula is C15H16N4NaO7PS. The number of aromatic nitrogens is 3. The second-order valence-electron chi connectivity index (χ2n) is 6.23. The minimum atomic E-state index is -5.00. The van der Waals surface area contributed by atoms with E-state index in [-0.39, 0.29) is 35.4 Å². The second-order valence-corrected chi connectivity index (χ2v) is 8.21. The van der Waals surface area contributed by atoms with Crippen LogP contribution in [0.3, 0.4) is 0 Å². The smallest absolute Gasteiger partial charge is 0.756 e. The fourth-order valence-electron chi connectivity index (χ4n) is 3.20. The van der Waals surface area contributed by atoms with Gasteiger partial charge in [0, 0.05) is 11.8 Å². The largest absolute Gasteiger partial charge is 1.00 e. The fourth-order valence-corrected chi connectivity index (χ4v) is 4.19. The van der Waals surface area contributed by atoms with Crippen molar-refractivity contribution in [2.75, 3.05) is 12.3 Å². The Labute approximate surface area is 190 Å². The quantitative estimate of drug-likeness (QED) is 0.229. The van der Waals surface area contributed by atoms with Gasteiger partial charge in [-0.3, -0.25) is 4.57 Å². The van der Waals surface area contributed by atoms with E-state index in [1.54, 1.807) is 6.20 Å². The fraction of sp³-hybridized carbons (Fsp3) is 0.333. The maximum atomic E-state index is 10.8. The number of ether oxygens (including phenoxy) is 1. The first-order valence-electron chi connectivity index (χ1n) is 8.10. The zero-order valence-corrected chi connectivity index (χ0v) is 18.9. The Morgan fingerprint density at radius 3 is 2.79 bits per heavy atom. The van der Waals surface area contributed by atoms with Gasteiger partial charge >= 0.3 is 29.6 Å². The molecule has 0 spiro atoms. The first-order valence-corrected chi connectivity index (χ1v) is 10.5. The molecule has 0 saturated carbocycles. The molecule has 4 heterocycles. The van der Waals surface area contributed by atoms with Gasteiger partial charge in [-0.25, -0.2) is 9.97 Å². The number of hydrogen-bond acceptors (Lipinski definition) is 10.